The van der Waals surface area contributed by atoms with Crippen molar-refractivity contribution in [1.29, 1.82) is 0 Å². The third-order valence-corrected chi connectivity index (χ3v) is 1.82. The minimum atomic E-state index is 0.787. The summed E-state index contributed by atoms with van der Waals surface area (Å²) in [6, 6.07) is 5.91. The number of hydrogen-bond donors (Lipinski definition) is 0. The molecule has 1 aliphatic heterocycles. The van der Waals surface area contributed by atoms with Crippen LogP contribution in [0.15, 0.2) is 23.2 Å². The molecule has 0 N–H and O–H groups in total. The van der Waals surface area contributed by atoms with Crippen LogP contribution in [0.3, 0.4) is 0 Å². The highest BCUT2D eigenvalue weighted by Crippen LogP contribution is 1.98. The Morgan fingerprint density at radius 2 is 2.36 bits per heavy atom. The fraction of sp³-hybridized carbons (Fsp3) is 0.222. The van der Waals surface area contributed by atoms with E-state index in [1.807, 2.05) is 18.2 Å². The first-order chi connectivity index (χ1) is 5.42. The van der Waals surface area contributed by atoms with Gasteiger partial charge in [-0.15, -0.1) is 0 Å². The third-order valence-electron chi connectivity index (χ3n) is 1.82. The lowest BCUT2D eigenvalue weighted by atomic mass is 10.2. The Balaban J connectivity index is 2.81. The van der Waals surface area contributed by atoms with Crippen LogP contribution in [0.4, 0.5) is 0 Å². The van der Waals surface area contributed by atoms with Crippen molar-refractivity contribution in [2.45, 2.75) is 0 Å². The molecule has 1 aromatic rings. The van der Waals surface area contributed by atoms with Gasteiger partial charge in [-0.2, -0.15) is 0 Å². The number of nitrogens with zero attached hydrogens (tertiary/aromatic N) is 1. The van der Waals surface area contributed by atoms with Gasteiger partial charge in [0.1, 0.15) is 5.75 Å². The maximum Gasteiger partial charge on any atom is 0.127 e. The fourth-order valence-electron chi connectivity index (χ4n) is 1.29. The molecule has 11 heavy (non-hydrogen) atoms. The predicted molar refractivity (Wildman–Crippen MR) is 43.1 cm³/mol. The molecule has 0 bridgehead atoms. The van der Waals surface area contributed by atoms with E-state index >= 15 is 0 Å². The van der Waals surface area contributed by atoms with E-state index in [0.717, 1.165) is 22.9 Å². The summed E-state index contributed by atoms with van der Waals surface area (Å²) in [6.07, 6.45) is 2.08. The van der Waals surface area contributed by atoms with E-state index in [-0.39, 0.29) is 0 Å². The van der Waals surface area contributed by atoms with E-state index in [0.29, 0.717) is 0 Å². The maximum atomic E-state index is 5.17. The van der Waals surface area contributed by atoms with Crippen LogP contribution in [-0.2, 0) is 0 Å². The van der Waals surface area contributed by atoms with Crippen molar-refractivity contribution >= 4 is 6.08 Å². The standard InChI is InChI=1S/C9H9NO/c1-11-9-4-2-3-8-7(9)5-6-10-8/h2-5H,6H2,1H3. The summed E-state index contributed by atoms with van der Waals surface area (Å²) >= 11 is 0. The minimum absolute atomic E-state index is 0.787. The summed E-state index contributed by atoms with van der Waals surface area (Å²) in [5.74, 6) is 0.920. The van der Waals surface area contributed by atoms with Gasteiger partial charge in [0.05, 0.1) is 19.0 Å². The van der Waals surface area contributed by atoms with Crippen LogP contribution in [-0.4, -0.2) is 13.7 Å². The van der Waals surface area contributed by atoms with Crippen molar-refractivity contribution < 1.29 is 4.74 Å². The van der Waals surface area contributed by atoms with E-state index in [4.69, 9.17) is 4.74 Å². The van der Waals surface area contributed by atoms with Crippen LogP contribution in [0, 0.1) is 0 Å². The number of benzene rings is 1. The van der Waals surface area contributed by atoms with Crippen LogP contribution >= 0.6 is 0 Å². The molecule has 0 unspecified atom stereocenters. The SMILES string of the molecule is COc1cccc2c1=CCN=2. The zero-order chi connectivity index (χ0) is 7.68. The van der Waals surface area contributed by atoms with Crippen LogP contribution < -0.4 is 15.3 Å². The van der Waals surface area contributed by atoms with E-state index < -0.39 is 0 Å². The zero-order valence-electron chi connectivity index (χ0n) is 6.37. The average Bonchev–Trinajstić information content (AvgIpc) is 2.50. The van der Waals surface area contributed by atoms with Gasteiger partial charge in [-0.1, -0.05) is 12.1 Å². The molecule has 1 aliphatic rings. The predicted octanol–water partition coefficient (Wildman–Crippen LogP) is 0.109. The molecule has 0 saturated carbocycles. The lowest BCUT2D eigenvalue weighted by Crippen LogP contribution is -2.22. The second-order valence-electron chi connectivity index (χ2n) is 2.44. The number of ether oxygens (including phenoxy) is 1. The Morgan fingerprint density at radius 3 is 3.18 bits per heavy atom. The topological polar surface area (TPSA) is 21.6 Å². The number of methoxy groups -OCH3 is 1. The molecule has 0 saturated heterocycles. The summed E-state index contributed by atoms with van der Waals surface area (Å²) < 4.78 is 5.17. The van der Waals surface area contributed by atoms with Gasteiger partial charge in [-0.25, -0.2) is 0 Å². The van der Waals surface area contributed by atoms with Crippen molar-refractivity contribution in [3.8, 4) is 5.75 Å². The van der Waals surface area contributed by atoms with Gasteiger partial charge in [0, 0.05) is 5.22 Å². The molecule has 56 valence electrons. The Kier molecular flexibility index (Phi) is 1.39. The summed E-state index contributed by atoms with van der Waals surface area (Å²) in [7, 11) is 1.68. The molecule has 0 atom stereocenters. The monoisotopic (exact) mass is 147 g/mol. The first-order valence-corrected chi connectivity index (χ1v) is 3.59. The van der Waals surface area contributed by atoms with Gasteiger partial charge < -0.3 is 4.74 Å². The van der Waals surface area contributed by atoms with Crippen LogP contribution in [0.2, 0.25) is 0 Å². The van der Waals surface area contributed by atoms with E-state index in [9.17, 15) is 0 Å². The zero-order valence-corrected chi connectivity index (χ0v) is 6.37. The average molecular weight is 147 g/mol. The van der Waals surface area contributed by atoms with Gasteiger partial charge in [-0.3, -0.25) is 4.99 Å². The second-order valence-corrected chi connectivity index (χ2v) is 2.44. The Bertz CT molecular complexity index is 381. The van der Waals surface area contributed by atoms with Gasteiger partial charge in [0.25, 0.3) is 0 Å². The van der Waals surface area contributed by atoms with Crippen molar-refractivity contribution in [3.63, 3.8) is 0 Å². The first kappa shape index (κ1) is 6.40. The molecule has 0 spiro atoms. The van der Waals surface area contributed by atoms with Gasteiger partial charge in [-0.05, 0) is 12.1 Å². The highest BCUT2D eigenvalue weighted by atomic mass is 16.5. The lowest BCUT2D eigenvalue weighted by molar-refractivity contribution is 0.411. The molecule has 0 aromatic heterocycles. The number of fused-ring (bicyclic) bond motifs is 1. The molecule has 0 aliphatic carbocycles. The number of rotatable bonds is 1. The molecule has 1 aromatic carbocycles. The van der Waals surface area contributed by atoms with E-state index in [2.05, 4.69) is 11.1 Å². The molecular formula is C9H9NO. The van der Waals surface area contributed by atoms with E-state index in [1.54, 1.807) is 7.11 Å². The Hall–Kier alpha value is -1.31. The summed E-state index contributed by atoms with van der Waals surface area (Å²) in [6.45, 7) is 0.787. The number of hydrogen-bond acceptors (Lipinski definition) is 2. The molecule has 2 nitrogen and oxygen atoms in total. The molecule has 2 heteroatoms. The highest BCUT2D eigenvalue weighted by molar-refractivity contribution is 5.37. The van der Waals surface area contributed by atoms with Crippen molar-refractivity contribution in [1.82, 2.24) is 0 Å². The van der Waals surface area contributed by atoms with Crippen molar-refractivity contribution in [3.05, 3.63) is 28.8 Å². The van der Waals surface area contributed by atoms with Crippen LogP contribution in [0.5, 0.6) is 5.75 Å². The fourth-order valence-corrected chi connectivity index (χ4v) is 1.29. The third kappa shape index (κ3) is 0.909. The van der Waals surface area contributed by atoms with Crippen molar-refractivity contribution in [2.24, 2.45) is 4.99 Å². The lowest BCUT2D eigenvalue weighted by Gasteiger charge is -1.97. The van der Waals surface area contributed by atoms with Crippen LogP contribution in [0.25, 0.3) is 6.08 Å². The Labute approximate surface area is 64.8 Å². The van der Waals surface area contributed by atoms with Gasteiger partial charge >= 0.3 is 0 Å². The molecule has 0 fully saturated rings. The highest BCUT2D eigenvalue weighted by Gasteiger charge is 1.99. The maximum absolute atomic E-state index is 5.17. The molecule has 2 rings (SSSR count). The van der Waals surface area contributed by atoms with E-state index in [1.165, 1.54) is 0 Å². The summed E-state index contributed by atoms with van der Waals surface area (Å²) in [5.41, 5.74) is 0. The second kappa shape index (κ2) is 2.38. The first-order valence-electron chi connectivity index (χ1n) is 3.59. The molecular weight excluding hydrogens is 138 g/mol. The van der Waals surface area contributed by atoms with Gasteiger partial charge in [0.15, 0.2) is 0 Å². The Morgan fingerprint density at radius 1 is 1.45 bits per heavy atom. The van der Waals surface area contributed by atoms with Crippen molar-refractivity contribution in [2.75, 3.05) is 13.7 Å². The van der Waals surface area contributed by atoms with Gasteiger partial charge in [0.2, 0.25) is 0 Å². The molecule has 0 radical (unpaired) electrons. The summed E-state index contributed by atoms with van der Waals surface area (Å²) in [5, 5.41) is 2.18. The minimum Gasteiger partial charge on any atom is -0.496 e. The quantitative estimate of drug-likeness (QED) is 0.552. The largest absolute Gasteiger partial charge is 0.496 e. The summed E-state index contributed by atoms with van der Waals surface area (Å²) in [4.78, 5) is 4.27. The molecule has 0 amide bonds. The smallest absolute Gasteiger partial charge is 0.127 e. The molecule has 1 heterocycles. The normalized spacial score (nSPS) is 13.2. The van der Waals surface area contributed by atoms with Crippen LogP contribution in [0.1, 0.15) is 0 Å².